The first-order valence-electron chi connectivity index (χ1n) is 4.44. The Hall–Kier alpha value is -1.36. The third-order valence-corrected chi connectivity index (χ3v) is 2.21. The van der Waals surface area contributed by atoms with Crippen molar-refractivity contribution < 1.29 is 23.4 Å². The first-order chi connectivity index (χ1) is 7.49. The van der Waals surface area contributed by atoms with Gasteiger partial charge in [-0.25, -0.2) is 0 Å². The van der Waals surface area contributed by atoms with E-state index in [4.69, 9.17) is 16.7 Å². The molecular weight excluding hydrogens is 242 g/mol. The molecule has 0 spiro atoms. The van der Waals surface area contributed by atoms with Crippen molar-refractivity contribution in [3.8, 4) is 5.75 Å². The number of hydrogen-bond acceptors (Lipinski definition) is 2. The van der Waals surface area contributed by atoms with Gasteiger partial charge >= 0.3 is 12.6 Å². The van der Waals surface area contributed by atoms with E-state index < -0.39 is 12.6 Å². The molecule has 6 heteroatoms. The van der Waals surface area contributed by atoms with E-state index in [1.807, 2.05) is 0 Å². The molecule has 0 atom stereocenters. The van der Waals surface area contributed by atoms with Crippen LogP contribution < -0.4 is 4.74 Å². The van der Waals surface area contributed by atoms with Crippen LogP contribution in [-0.2, 0) is 11.2 Å². The lowest BCUT2D eigenvalue weighted by Gasteiger charge is -2.07. The highest BCUT2D eigenvalue weighted by Crippen LogP contribution is 2.24. The predicted octanol–water partition coefficient (Wildman–Crippen LogP) is 2.96. The summed E-state index contributed by atoms with van der Waals surface area (Å²) in [4.78, 5) is 10.3. The van der Waals surface area contributed by atoms with Crippen LogP contribution in [0.15, 0.2) is 18.2 Å². The van der Waals surface area contributed by atoms with Crippen molar-refractivity contribution in [1.82, 2.24) is 0 Å². The highest BCUT2D eigenvalue weighted by molar-refractivity contribution is 6.31. The number of carboxylic acids is 1. The Morgan fingerprint density at radius 2 is 2.19 bits per heavy atom. The van der Waals surface area contributed by atoms with Gasteiger partial charge in [0.05, 0.1) is 0 Å². The first-order valence-corrected chi connectivity index (χ1v) is 4.82. The summed E-state index contributed by atoms with van der Waals surface area (Å²) in [6.45, 7) is -2.90. The Labute approximate surface area is 95.6 Å². The molecule has 1 N–H and O–H groups in total. The number of carbonyl (C=O) groups is 1. The lowest BCUT2D eigenvalue weighted by molar-refractivity contribution is -0.136. The van der Waals surface area contributed by atoms with Crippen LogP contribution in [0.2, 0.25) is 5.02 Å². The molecule has 0 amide bonds. The van der Waals surface area contributed by atoms with Crippen LogP contribution >= 0.6 is 11.6 Å². The maximum absolute atomic E-state index is 11.9. The van der Waals surface area contributed by atoms with Crippen molar-refractivity contribution in [2.24, 2.45) is 0 Å². The summed E-state index contributed by atoms with van der Waals surface area (Å²) in [5, 5.41) is 8.69. The van der Waals surface area contributed by atoms with Crippen LogP contribution in [0.1, 0.15) is 12.0 Å². The number of aryl methyl sites for hydroxylation is 1. The van der Waals surface area contributed by atoms with Crippen molar-refractivity contribution in [2.45, 2.75) is 19.5 Å². The normalized spacial score (nSPS) is 10.5. The van der Waals surface area contributed by atoms with Gasteiger partial charge in [-0.1, -0.05) is 17.7 Å². The lowest BCUT2D eigenvalue weighted by Crippen LogP contribution is -2.02. The average molecular weight is 251 g/mol. The summed E-state index contributed by atoms with van der Waals surface area (Å²) in [6.07, 6.45) is 0.192. The van der Waals surface area contributed by atoms with Crippen molar-refractivity contribution in [1.29, 1.82) is 0 Å². The fourth-order valence-corrected chi connectivity index (χ4v) is 1.41. The van der Waals surface area contributed by atoms with Gasteiger partial charge in [0.2, 0.25) is 0 Å². The highest BCUT2D eigenvalue weighted by atomic mass is 35.5. The summed E-state index contributed by atoms with van der Waals surface area (Å²) in [6, 6.07) is 4.04. The molecule has 0 aliphatic rings. The summed E-state index contributed by atoms with van der Waals surface area (Å²) in [7, 11) is 0. The standard InChI is InChI=1S/C10H9ClF2O3/c11-8-5-7(16-10(12)13)3-1-6(8)2-4-9(14)15/h1,3,5,10H,2,4H2,(H,14,15). The Morgan fingerprint density at radius 3 is 2.69 bits per heavy atom. The monoisotopic (exact) mass is 250 g/mol. The van der Waals surface area contributed by atoms with Crippen LogP contribution in [-0.4, -0.2) is 17.7 Å². The topological polar surface area (TPSA) is 46.5 Å². The number of aliphatic carboxylic acids is 1. The van der Waals surface area contributed by atoms with E-state index in [1.165, 1.54) is 18.2 Å². The van der Waals surface area contributed by atoms with Crippen LogP contribution in [0.5, 0.6) is 5.75 Å². The van der Waals surface area contributed by atoms with Crippen molar-refractivity contribution >= 4 is 17.6 Å². The molecule has 0 heterocycles. The fraction of sp³-hybridized carbons (Fsp3) is 0.300. The molecule has 1 rings (SSSR count). The van der Waals surface area contributed by atoms with E-state index in [0.717, 1.165) is 0 Å². The van der Waals surface area contributed by atoms with Crippen LogP contribution in [0.4, 0.5) is 8.78 Å². The van der Waals surface area contributed by atoms with E-state index in [1.54, 1.807) is 0 Å². The molecule has 0 unspecified atom stereocenters. The van der Waals surface area contributed by atoms with Gasteiger partial charge in [0.15, 0.2) is 0 Å². The van der Waals surface area contributed by atoms with E-state index in [-0.39, 0.29) is 23.6 Å². The van der Waals surface area contributed by atoms with Gasteiger partial charge in [0.25, 0.3) is 0 Å². The lowest BCUT2D eigenvalue weighted by atomic mass is 10.1. The van der Waals surface area contributed by atoms with E-state index in [9.17, 15) is 13.6 Å². The minimum atomic E-state index is -2.90. The van der Waals surface area contributed by atoms with Crippen LogP contribution in [0, 0.1) is 0 Å². The molecule has 1 aromatic rings. The van der Waals surface area contributed by atoms with Crippen LogP contribution in [0.3, 0.4) is 0 Å². The second-order valence-corrected chi connectivity index (χ2v) is 3.43. The zero-order valence-electron chi connectivity index (χ0n) is 8.12. The van der Waals surface area contributed by atoms with E-state index in [2.05, 4.69) is 4.74 Å². The Balaban J connectivity index is 2.71. The SMILES string of the molecule is O=C(O)CCc1ccc(OC(F)F)cc1Cl. The van der Waals surface area contributed by atoms with Crippen LogP contribution in [0.25, 0.3) is 0 Å². The molecule has 0 fully saturated rings. The molecule has 0 saturated heterocycles. The molecule has 16 heavy (non-hydrogen) atoms. The van der Waals surface area contributed by atoms with Crippen molar-refractivity contribution in [3.05, 3.63) is 28.8 Å². The Kier molecular flexibility index (Phi) is 4.49. The molecule has 3 nitrogen and oxygen atoms in total. The van der Waals surface area contributed by atoms with Gasteiger partial charge in [-0.3, -0.25) is 4.79 Å². The minimum Gasteiger partial charge on any atom is -0.481 e. The maximum atomic E-state index is 11.9. The molecule has 1 aromatic carbocycles. The molecular formula is C10H9ClF2O3. The second-order valence-electron chi connectivity index (χ2n) is 3.03. The van der Waals surface area contributed by atoms with E-state index in [0.29, 0.717) is 5.56 Å². The molecule has 0 aromatic heterocycles. The molecule has 0 radical (unpaired) electrons. The molecule has 0 aliphatic carbocycles. The third-order valence-electron chi connectivity index (χ3n) is 1.86. The summed E-state index contributed by atoms with van der Waals surface area (Å²) < 4.78 is 27.9. The number of halogens is 3. The van der Waals surface area contributed by atoms with Gasteiger partial charge in [0.1, 0.15) is 5.75 Å². The van der Waals surface area contributed by atoms with Gasteiger partial charge in [-0.15, -0.1) is 0 Å². The predicted molar refractivity (Wildman–Crippen MR) is 54.0 cm³/mol. The summed E-state index contributed by atoms with van der Waals surface area (Å²) in [5.74, 6) is -0.983. The number of benzene rings is 1. The smallest absolute Gasteiger partial charge is 0.387 e. The minimum absolute atomic E-state index is 0.0425. The maximum Gasteiger partial charge on any atom is 0.387 e. The number of hydrogen-bond donors (Lipinski definition) is 1. The van der Waals surface area contributed by atoms with Gasteiger partial charge in [0, 0.05) is 11.4 Å². The van der Waals surface area contributed by atoms with Gasteiger partial charge < -0.3 is 9.84 Å². The molecule has 0 aliphatic heterocycles. The Morgan fingerprint density at radius 1 is 1.50 bits per heavy atom. The first kappa shape index (κ1) is 12.7. The molecule has 88 valence electrons. The van der Waals surface area contributed by atoms with Gasteiger partial charge in [-0.05, 0) is 24.1 Å². The zero-order valence-corrected chi connectivity index (χ0v) is 8.88. The Bertz CT molecular complexity index is 382. The average Bonchev–Trinajstić information content (AvgIpc) is 2.15. The second kappa shape index (κ2) is 5.65. The number of carboxylic acid groups (broad SMARTS) is 1. The summed E-state index contributed by atoms with van der Waals surface area (Å²) >= 11 is 5.78. The highest BCUT2D eigenvalue weighted by Gasteiger charge is 2.08. The quantitative estimate of drug-likeness (QED) is 0.874. The van der Waals surface area contributed by atoms with Gasteiger partial charge in [-0.2, -0.15) is 8.78 Å². The molecule has 0 bridgehead atoms. The molecule has 0 saturated carbocycles. The fourth-order valence-electron chi connectivity index (χ4n) is 1.15. The number of ether oxygens (including phenoxy) is 1. The number of rotatable bonds is 5. The zero-order chi connectivity index (χ0) is 12.1. The largest absolute Gasteiger partial charge is 0.481 e. The van der Waals surface area contributed by atoms with Crippen molar-refractivity contribution in [3.63, 3.8) is 0 Å². The van der Waals surface area contributed by atoms with E-state index >= 15 is 0 Å². The summed E-state index contributed by atoms with van der Waals surface area (Å²) in [5.41, 5.74) is 0.589. The van der Waals surface area contributed by atoms with Crippen molar-refractivity contribution in [2.75, 3.05) is 0 Å². The third kappa shape index (κ3) is 4.02. The number of alkyl halides is 2.